The van der Waals surface area contributed by atoms with Gasteiger partial charge in [-0.25, -0.2) is 4.98 Å². The lowest BCUT2D eigenvalue weighted by atomic mass is 10.1. The maximum Gasteiger partial charge on any atom is 0.264 e. The number of aromatic nitrogens is 4. The van der Waals surface area contributed by atoms with Crippen molar-refractivity contribution in [2.75, 3.05) is 0 Å². The molecule has 0 unspecified atom stereocenters. The predicted octanol–water partition coefficient (Wildman–Crippen LogP) is 1.37. The Kier molecular flexibility index (Phi) is 2.33. The minimum atomic E-state index is -0.257. The van der Waals surface area contributed by atoms with Crippen LogP contribution in [-0.4, -0.2) is 19.3 Å². The van der Waals surface area contributed by atoms with E-state index in [2.05, 4.69) is 10.1 Å². The van der Waals surface area contributed by atoms with Crippen LogP contribution in [0.5, 0.6) is 0 Å². The van der Waals surface area contributed by atoms with Crippen LogP contribution in [-0.2, 0) is 12.1 Å². The molecule has 0 aliphatic heterocycles. The average molecular weight is 220 g/mol. The normalized spacial score (nSPS) is 12.2. The molecule has 16 heavy (non-hydrogen) atoms. The molecule has 5 heteroatoms. The minimum Gasteiger partial charge on any atom is -0.293 e. The van der Waals surface area contributed by atoms with Crippen LogP contribution in [0.3, 0.4) is 0 Å². The first-order valence-corrected chi connectivity index (χ1v) is 5.39. The molecule has 0 saturated heterocycles. The van der Waals surface area contributed by atoms with E-state index in [1.807, 2.05) is 27.7 Å². The lowest BCUT2D eigenvalue weighted by Gasteiger charge is -2.21. The second-order valence-corrected chi connectivity index (χ2v) is 4.81. The Labute approximate surface area is 93.7 Å². The average Bonchev–Trinajstić information content (AvgIpc) is 2.60. The molecule has 0 aliphatic carbocycles. The first kappa shape index (κ1) is 10.9. The van der Waals surface area contributed by atoms with Crippen molar-refractivity contribution < 1.29 is 0 Å². The van der Waals surface area contributed by atoms with E-state index in [0.29, 0.717) is 11.0 Å². The second kappa shape index (κ2) is 3.43. The summed E-state index contributed by atoms with van der Waals surface area (Å²) in [6, 6.07) is 0. The van der Waals surface area contributed by atoms with E-state index in [9.17, 15) is 4.79 Å². The van der Waals surface area contributed by atoms with E-state index in [0.717, 1.165) is 6.54 Å². The van der Waals surface area contributed by atoms with Crippen LogP contribution in [0.1, 0.15) is 27.7 Å². The summed E-state index contributed by atoms with van der Waals surface area (Å²) in [7, 11) is 0. The Balaban J connectivity index is 2.74. The summed E-state index contributed by atoms with van der Waals surface area (Å²) in [6.45, 7) is 8.66. The molecule has 2 rings (SSSR count). The van der Waals surface area contributed by atoms with Crippen LogP contribution >= 0.6 is 0 Å². The molecule has 0 aromatic carbocycles. The van der Waals surface area contributed by atoms with Crippen LogP contribution in [0, 0.1) is 0 Å². The van der Waals surface area contributed by atoms with E-state index < -0.39 is 0 Å². The van der Waals surface area contributed by atoms with Gasteiger partial charge < -0.3 is 0 Å². The molecular weight excluding hydrogens is 204 g/mol. The summed E-state index contributed by atoms with van der Waals surface area (Å²) in [5.74, 6) is 0. The highest BCUT2D eigenvalue weighted by Crippen LogP contribution is 2.12. The summed E-state index contributed by atoms with van der Waals surface area (Å²) >= 11 is 0. The van der Waals surface area contributed by atoms with Crippen molar-refractivity contribution in [3.63, 3.8) is 0 Å². The molecule has 0 spiro atoms. The fraction of sp³-hybridized carbons (Fsp3) is 0.545. The molecule has 0 fully saturated rings. The van der Waals surface area contributed by atoms with Gasteiger partial charge in [0.05, 0.1) is 0 Å². The summed E-state index contributed by atoms with van der Waals surface area (Å²) in [5.41, 5.74) is 0.233. The zero-order chi connectivity index (χ0) is 11.9. The summed E-state index contributed by atoms with van der Waals surface area (Å²) < 4.78 is 3.36. The SMILES string of the molecule is CCn1cc2c(=O)n(C(C)(C)C)cnc2n1. The third-order valence-corrected chi connectivity index (χ3v) is 2.53. The van der Waals surface area contributed by atoms with Crippen LogP contribution < -0.4 is 5.56 Å². The van der Waals surface area contributed by atoms with Gasteiger partial charge in [0.2, 0.25) is 0 Å². The van der Waals surface area contributed by atoms with Gasteiger partial charge in [-0.05, 0) is 27.7 Å². The van der Waals surface area contributed by atoms with Crippen molar-refractivity contribution in [3.05, 3.63) is 22.9 Å². The number of hydrogen-bond donors (Lipinski definition) is 0. The summed E-state index contributed by atoms with van der Waals surface area (Å²) in [4.78, 5) is 16.4. The Hall–Kier alpha value is -1.65. The highest BCUT2D eigenvalue weighted by Gasteiger charge is 2.17. The molecular formula is C11H16N4O. The lowest BCUT2D eigenvalue weighted by Crippen LogP contribution is -2.33. The molecule has 0 radical (unpaired) electrons. The van der Waals surface area contributed by atoms with Gasteiger partial charge in [-0.2, -0.15) is 5.10 Å². The monoisotopic (exact) mass is 220 g/mol. The number of hydrogen-bond acceptors (Lipinski definition) is 3. The van der Waals surface area contributed by atoms with Crippen molar-refractivity contribution in [3.8, 4) is 0 Å². The fourth-order valence-corrected chi connectivity index (χ4v) is 1.59. The highest BCUT2D eigenvalue weighted by molar-refractivity contribution is 5.72. The van der Waals surface area contributed by atoms with Crippen molar-refractivity contribution in [2.24, 2.45) is 0 Å². The second-order valence-electron chi connectivity index (χ2n) is 4.81. The molecule has 0 bridgehead atoms. The van der Waals surface area contributed by atoms with E-state index in [1.165, 1.54) is 0 Å². The standard InChI is InChI=1S/C11H16N4O/c1-5-14-6-8-9(13-14)12-7-15(10(8)16)11(2,3)4/h6-7H,5H2,1-4H3. The molecule has 2 aromatic rings. The van der Waals surface area contributed by atoms with Gasteiger partial charge in [-0.3, -0.25) is 14.0 Å². The van der Waals surface area contributed by atoms with E-state index in [-0.39, 0.29) is 11.1 Å². The molecule has 0 N–H and O–H groups in total. The van der Waals surface area contributed by atoms with Gasteiger partial charge in [0, 0.05) is 18.3 Å². The van der Waals surface area contributed by atoms with Gasteiger partial charge in [0.1, 0.15) is 11.7 Å². The largest absolute Gasteiger partial charge is 0.293 e. The zero-order valence-electron chi connectivity index (χ0n) is 10.1. The number of rotatable bonds is 1. The maximum atomic E-state index is 12.2. The molecule has 2 aromatic heterocycles. The smallest absolute Gasteiger partial charge is 0.264 e. The number of fused-ring (bicyclic) bond motifs is 1. The Morgan fingerprint density at radius 2 is 2.06 bits per heavy atom. The Bertz CT molecular complexity index is 574. The molecule has 2 heterocycles. The molecule has 0 aliphatic rings. The summed E-state index contributed by atoms with van der Waals surface area (Å²) in [5, 5.41) is 4.79. The van der Waals surface area contributed by atoms with Crippen molar-refractivity contribution in [2.45, 2.75) is 39.8 Å². The van der Waals surface area contributed by atoms with Gasteiger partial charge in [0.15, 0.2) is 5.65 Å². The zero-order valence-corrected chi connectivity index (χ0v) is 10.1. The van der Waals surface area contributed by atoms with Gasteiger partial charge in [-0.1, -0.05) is 0 Å². The topological polar surface area (TPSA) is 52.7 Å². The number of nitrogens with zero attached hydrogens (tertiary/aromatic N) is 4. The molecule has 0 atom stereocenters. The van der Waals surface area contributed by atoms with Crippen LogP contribution in [0.4, 0.5) is 0 Å². The maximum absolute atomic E-state index is 12.2. The quantitative estimate of drug-likeness (QED) is 0.729. The fourth-order valence-electron chi connectivity index (χ4n) is 1.59. The predicted molar refractivity (Wildman–Crippen MR) is 62.5 cm³/mol. The van der Waals surface area contributed by atoms with Crippen molar-refractivity contribution in [1.82, 2.24) is 19.3 Å². The van der Waals surface area contributed by atoms with Gasteiger partial charge in [0.25, 0.3) is 5.56 Å². The molecule has 5 nitrogen and oxygen atoms in total. The third-order valence-electron chi connectivity index (χ3n) is 2.53. The van der Waals surface area contributed by atoms with E-state index in [4.69, 9.17) is 0 Å². The Morgan fingerprint density at radius 1 is 1.38 bits per heavy atom. The van der Waals surface area contributed by atoms with Crippen LogP contribution in [0.15, 0.2) is 17.3 Å². The lowest BCUT2D eigenvalue weighted by molar-refractivity contribution is 0.382. The van der Waals surface area contributed by atoms with Crippen LogP contribution in [0.2, 0.25) is 0 Å². The van der Waals surface area contributed by atoms with E-state index >= 15 is 0 Å². The summed E-state index contributed by atoms with van der Waals surface area (Å²) in [6.07, 6.45) is 3.32. The molecule has 0 saturated carbocycles. The first-order valence-electron chi connectivity index (χ1n) is 5.39. The minimum absolute atomic E-state index is 0.0304. The van der Waals surface area contributed by atoms with E-state index in [1.54, 1.807) is 21.8 Å². The molecule has 0 amide bonds. The van der Waals surface area contributed by atoms with Gasteiger partial charge in [-0.15, -0.1) is 0 Å². The van der Waals surface area contributed by atoms with Gasteiger partial charge >= 0.3 is 0 Å². The molecule has 86 valence electrons. The van der Waals surface area contributed by atoms with Crippen molar-refractivity contribution in [1.29, 1.82) is 0 Å². The first-order chi connectivity index (χ1) is 7.43. The number of aryl methyl sites for hydroxylation is 1. The van der Waals surface area contributed by atoms with Crippen LogP contribution in [0.25, 0.3) is 11.0 Å². The van der Waals surface area contributed by atoms with Crippen molar-refractivity contribution >= 4 is 11.0 Å². The third kappa shape index (κ3) is 1.62. The highest BCUT2D eigenvalue weighted by atomic mass is 16.1. The Morgan fingerprint density at radius 3 is 2.62 bits per heavy atom.